The van der Waals surface area contributed by atoms with Crippen molar-refractivity contribution in [1.82, 2.24) is 15.4 Å². The van der Waals surface area contributed by atoms with Crippen LogP contribution in [0, 0.1) is 5.92 Å². The molecule has 1 aliphatic rings. The highest BCUT2D eigenvalue weighted by Gasteiger charge is 2.23. The molecule has 1 aromatic rings. The van der Waals surface area contributed by atoms with Gasteiger partial charge in [0.25, 0.3) is 0 Å². The van der Waals surface area contributed by atoms with Crippen molar-refractivity contribution in [3.8, 4) is 0 Å². The quantitative estimate of drug-likeness (QED) is 0.672. The van der Waals surface area contributed by atoms with Crippen LogP contribution in [0.5, 0.6) is 0 Å². The van der Waals surface area contributed by atoms with E-state index in [0.717, 1.165) is 13.1 Å². The summed E-state index contributed by atoms with van der Waals surface area (Å²) in [6, 6.07) is 7.21. The van der Waals surface area contributed by atoms with Crippen molar-refractivity contribution >= 4 is 15.9 Å². The first kappa shape index (κ1) is 15.0. The minimum absolute atomic E-state index is 0.155. The van der Waals surface area contributed by atoms with Crippen LogP contribution in [0.25, 0.3) is 0 Å². The topological polar surface area (TPSA) is 87.3 Å². The third-order valence-corrected chi connectivity index (χ3v) is 4.77. The smallest absolute Gasteiger partial charge is 0.241 e. The molecule has 1 aromatic carbocycles. The monoisotopic (exact) mass is 297 g/mol. The lowest BCUT2D eigenvalue weighted by Crippen LogP contribution is -2.51. The molecule has 3 N–H and O–H groups in total. The molecule has 6 nitrogen and oxygen atoms in total. The van der Waals surface area contributed by atoms with E-state index in [4.69, 9.17) is 0 Å². The fourth-order valence-electron chi connectivity index (χ4n) is 1.84. The molecule has 0 radical (unpaired) electrons. The van der Waals surface area contributed by atoms with Gasteiger partial charge in [-0.3, -0.25) is 4.79 Å². The molecule has 1 saturated heterocycles. The molecule has 1 amide bonds. The fourth-order valence-corrected chi connectivity index (χ4v) is 3.07. The molecule has 0 aliphatic carbocycles. The third-order valence-electron chi connectivity index (χ3n) is 3.21. The van der Waals surface area contributed by atoms with E-state index in [1.54, 1.807) is 18.2 Å². The predicted molar refractivity (Wildman–Crippen MR) is 75.6 cm³/mol. The maximum atomic E-state index is 12.1. The first-order chi connectivity index (χ1) is 9.49. The molecule has 0 aromatic heterocycles. The van der Waals surface area contributed by atoms with Crippen molar-refractivity contribution in [2.24, 2.45) is 5.92 Å². The highest BCUT2D eigenvalue weighted by Crippen LogP contribution is 2.08. The van der Waals surface area contributed by atoms with Crippen molar-refractivity contribution in [3.63, 3.8) is 0 Å². The van der Waals surface area contributed by atoms with E-state index in [-0.39, 0.29) is 10.8 Å². The van der Waals surface area contributed by atoms with E-state index in [1.165, 1.54) is 19.1 Å². The molecule has 1 heterocycles. The maximum absolute atomic E-state index is 12.1. The molecule has 1 atom stereocenters. The van der Waals surface area contributed by atoms with Crippen LogP contribution in [-0.2, 0) is 14.8 Å². The number of carbonyl (C=O) groups is 1. The van der Waals surface area contributed by atoms with Crippen LogP contribution in [0.2, 0.25) is 0 Å². The Labute approximate surface area is 119 Å². The van der Waals surface area contributed by atoms with Gasteiger partial charge in [0.05, 0.1) is 10.9 Å². The number of hydrogen-bond donors (Lipinski definition) is 3. The largest absolute Gasteiger partial charge is 0.354 e. The van der Waals surface area contributed by atoms with Gasteiger partial charge < -0.3 is 10.6 Å². The van der Waals surface area contributed by atoms with E-state index in [2.05, 4.69) is 15.4 Å². The van der Waals surface area contributed by atoms with Crippen molar-refractivity contribution < 1.29 is 13.2 Å². The van der Waals surface area contributed by atoms with Crippen molar-refractivity contribution in [3.05, 3.63) is 30.3 Å². The highest BCUT2D eigenvalue weighted by atomic mass is 32.2. The molecule has 0 saturated carbocycles. The standard InChI is InChI=1S/C13H19N3O3S/c1-10(13(17)15-9-11-7-14-8-11)16-20(18,19)12-5-3-2-4-6-12/h2-6,10-11,14,16H,7-9H2,1H3,(H,15,17). The maximum Gasteiger partial charge on any atom is 0.241 e. The van der Waals surface area contributed by atoms with Gasteiger partial charge in [0.2, 0.25) is 15.9 Å². The number of hydrogen-bond acceptors (Lipinski definition) is 4. The first-order valence-corrected chi connectivity index (χ1v) is 8.03. The number of nitrogens with one attached hydrogen (secondary N) is 3. The highest BCUT2D eigenvalue weighted by molar-refractivity contribution is 7.89. The number of carbonyl (C=O) groups excluding carboxylic acids is 1. The van der Waals surface area contributed by atoms with E-state index in [0.29, 0.717) is 12.5 Å². The SMILES string of the molecule is CC(NS(=O)(=O)c1ccccc1)C(=O)NCC1CNC1. The normalized spacial score (nSPS) is 17.2. The van der Waals surface area contributed by atoms with Gasteiger partial charge in [0.15, 0.2) is 0 Å². The minimum atomic E-state index is -3.66. The van der Waals surface area contributed by atoms with Crippen LogP contribution < -0.4 is 15.4 Å². The average Bonchev–Trinajstić information content (AvgIpc) is 2.37. The summed E-state index contributed by atoms with van der Waals surface area (Å²) in [5.74, 6) is 0.133. The molecule has 0 bridgehead atoms. The second-order valence-corrected chi connectivity index (χ2v) is 6.64. The van der Waals surface area contributed by atoms with Gasteiger partial charge in [-0.05, 0) is 19.1 Å². The van der Waals surface area contributed by atoms with E-state index < -0.39 is 16.1 Å². The van der Waals surface area contributed by atoms with E-state index >= 15 is 0 Å². The summed E-state index contributed by atoms with van der Waals surface area (Å²) in [7, 11) is -3.66. The Kier molecular flexibility index (Phi) is 4.74. The number of benzene rings is 1. The molecular formula is C13H19N3O3S. The molecule has 1 fully saturated rings. The summed E-state index contributed by atoms with van der Waals surface area (Å²) in [5.41, 5.74) is 0. The molecular weight excluding hydrogens is 278 g/mol. The molecule has 7 heteroatoms. The van der Waals surface area contributed by atoms with E-state index in [9.17, 15) is 13.2 Å². The summed E-state index contributed by atoms with van der Waals surface area (Å²) in [6.07, 6.45) is 0. The number of amides is 1. The summed E-state index contributed by atoms with van der Waals surface area (Å²) in [5, 5.41) is 5.86. The summed E-state index contributed by atoms with van der Waals surface area (Å²) in [6.45, 7) is 3.90. The molecule has 2 rings (SSSR count). The summed E-state index contributed by atoms with van der Waals surface area (Å²) in [4.78, 5) is 12.0. The van der Waals surface area contributed by atoms with Crippen LogP contribution in [0.1, 0.15) is 6.92 Å². The van der Waals surface area contributed by atoms with Crippen molar-refractivity contribution in [2.45, 2.75) is 17.9 Å². The molecule has 1 aliphatic heterocycles. The first-order valence-electron chi connectivity index (χ1n) is 6.55. The van der Waals surface area contributed by atoms with Gasteiger partial charge in [-0.15, -0.1) is 0 Å². The second-order valence-electron chi connectivity index (χ2n) is 4.93. The zero-order valence-corrected chi connectivity index (χ0v) is 12.1. The lowest BCUT2D eigenvalue weighted by molar-refractivity contribution is -0.122. The summed E-state index contributed by atoms with van der Waals surface area (Å²) >= 11 is 0. The van der Waals surface area contributed by atoms with Crippen LogP contribution in [0.15, 0.2) is 35.2 Å². The Morgan fingerprint density at radius 3 is 2.55 bits per heavy atom. The number of rotatable bonds is 6. The fraction of sp³-hybridized carbons (Fsp3) is 0.462. The van der Waals surface area contributed by atoms with Gasteiger partial charge in [-0.2, -0.15) is 4.72 Å². The second kappa shape index (κ2) is 6.34. The van der Waals surface area contributed by atoms with Crippen LogP contribution in [0.4, 0.5) is 0 Å². The predicted octanol–water partition coefficient (Wildman–Crippen LogP) is -0.311. The lowest BCUT2D eigenvalue weighted by Gasteiger charge is -2.27. The van der Waals surface area contributed by atoms with Gasteiger partial charge >= 0.3 is 0 Å². The Balaban J connectivity index is 1.89. The average molecular weight is 297 g/mol. The van der Waals surface area contributed by atoms with Gasteiger partial charge in [-0.25, -0.2) is 8.42 Å². The molecule has 0 spiro atoms. The van der Waals surface area contributed by atoms with Crippen LogP contribution in [-0.4, -0.2) is 40.0 Å². The van der Waals surface area contributed by atoms with Crippen molar-refractivity contribution in [1.29, 1.82) is 0 Å². The van der Waals surface area contributed by atoms with Gasteiger partial charge in [0, 0.05) is 25.6 Å². The molecule has 110 valence electrons. The van der Waals surface area contributed by atoms with Crippen LogP contribution in [0.3, 0.4) is 0 Å². The van der Waals surface area contributed by atoms with Gasteiger partial charge in [-0.1, -0.05) is 18.2 Å². The Morgan fingerprint density at radius 2 is 2.00 bits per heavy atom. The Morgan fingerprint density at radius 1 is 1.35 bits per heavy atom. The zero-order valence-electron chi connectivity index (χ0n) is 11.3. The van der Waals surface area contributed by atoms with E-state index in [1.807, 2.05) is 0 Å². The zero-order chi connectivity index (χ0) is 14.6. The van der Waals surface area contributed by atoms with Crippen molar-refractivity contribution in [2.75, 3.05) is 19.6 Å². The van der Waals surface area contributed by atoms with Gasteiger partial charge in [0.1, 0.15) is 0 Å². The number of sulfonamides is 1. The summed E-state index contributed by atoms with van der Waals surface area (Å²) < 4.78 is 26.5. The minimum Gasteiger partial charge on any atom is -0.354 e. The van der Waals surface area contributed by atoms with Crippen LogP contribution >= 0.6 is 0 Å². The Hall–Kier alpha value is -1.44. The molecule has 20 heavy (non-hydrogen) atoms. The molecule has 1 unspecified atom stereocenters. The lowest BCUT2D eigenvalue weighted by atomic mass is 10.0. The Bertz CT molecular complexity index is 555. The third kappa shape index (κ3) is 3.78.